The minimum atomic E-state index is -0.474. The number of likely N-dealkylation sites (N-methyl/N-ethyl adjacent to an activating group) is 1. The third kappa shape index (κ3) is 4.89. The van der Waals surface area contributed by atoms with E-state index in [2.05, 4.69) is 5.32 Å². The van der Waals surface area contributed by atoms with Gasteiger partial charge in [-0.25, -0.2) is 0 Å². The minimum absolute atomic E-state index is 0.0380. The molecule has 0 atom stereocenters. The van der Waals surface area contributed by atoms with Gasteiger partial charge in [0.1, 0.15) is 0 Å². The number of carbonyl (C=O) groups is 1. The van der Waals surface area contributed by atoms with Crippen LogP contribution in [0.1, 0.15) is 16.7 Å². The molecule has 0 heterocycles. The third-order valence-corrected chi connectivity index (χ3v) is 3.69. The maximum Gasteiger partial charge on any atom is 0.271 e. The second-order valence-corrected chi connectivity index (χ2v) is 5.96. The van der Waals surface area contributed by atoms with Crippen molar-refractivity contribution in [3.05, 3.63) is 69.3 Å². The van der Waals surface area contributed by atoms with Crippen LogP contribution in [0, 0.1) is 24.0 Å². The van der Waals surface area contributed by atoms with Crippen LogP contribution >= 0.6 is 0 Å². The molecule has 6 nitrogen and oxygen atoms in total. The molecule has 0 aliphatic heterocycles. The smallest absolute Gasteiger partial charge is 0.271 e. The molecule has 0 aliphatic carbocycles. The molecule has 0 bridgehead atoms. The lowest BCUT2D eigenvalue weighted by Crippen LogP contribution is -2.30. The zero-order valence-electron chi connectivity index (χ0n) is 14.1. The quantitative estimate of drug-likeness (QED) is 0.652. The molecule has 2 rings (SSSR count). The van der Waals surface area contributed by atoms with Crippen molar-refractivity contribution in [3.63, 3.8) is 0 Å². The van der Waals surface area contributed by atoms with Gasteiger partial charge in [0.25, 0.3) is 5.69 Å². The summed E-state index contributed by atoms with van der Waals surface area (Å²) in [6.07, 6.45) is 0. The predicted octanol–water partition coefficient (Wildman–Crippen LogP) is 3.28. The first-order valence-electron chi connectivity index (χ1n) is 7.64. The number of hydrogen-bond donors (Lipinski definition) is 1. The summed E-state index contributed by atoms with van der Waals surface area (Å²) in [5, 5.41) is 13.6. The Morgan fingerprint density at radius 2 is 1.83 bits per heavy atom. The molecule has 0 saturated heterocycles. The van der Waals surface area contributed by atoms with Crippen LogP contribution in [0.3, 0.4) is 0 Å². The monoisotopic (exact) mass is 327 g/mol. The van der Waals surface area contributed by atoms with E-state index < -0.39 is 4.92 Å². The van der Waals surface area contributed by atoms with E-state index in [1.54, 1.807) is 13.0 Å². The number of benzene rings is 2. The normalized spacial score (nSPS) is 10.7. The summed E-state index contributed by atoms with van der Waals surface area (Å²) in [5.41, 5.74) is 3.54. The molecule has 2 aromatic carbocycles. The Labute approximate surface area is 141 Å². The first kappa shape index (κ1) is 17.6. The van der Waals surface area contributed by atoms with E-state index in [0.29, 0.717) is 12.2 Å². The molecular formula is C18H21N3O3. The third-order valence-electron chi connectivity index (χ3n) is 3.69. The topological polar surface area (TPSA) is 75.5 Å². The van der Waals surface area contributed by atoms with Gasteiger partial charge in [-0.1, -0.05) is 35.9 Å². The molecule has 0 unspecified atom stereocenters. The summed E-state index contributed by atoms with van der Waals surface area (Å²) in [5.74, 6) is -0.201. The van der Waals surface area contributed by atoms with E-state index in [1.165, 1.54) is 17.7 Å². The van der Waals surface area contributed by atoms with Crippen LogP contribution in [0.5, 0.6) is 0 Å². The van der Waals surface area contributed by atoms with Crippen LogP contribution in [0.4, 0.5) is 11.4 Å². The van der Waals surface area contributed by atoms with E-state index in [9.17, 15) is 14.9 Å². The van der Waals surface area contributed by atoms with Crippen LogP contribution < -0.4 is 5.32 Å². The maximum atomic E-state index is 12.2. The molecule has 0 radical (unpaired) electrons. The molecule has 6 heteroatoms. The van der Waals surface area contributed by atoms with E-state index in [4.69, 9.17) is 0 Å². The number of carbonyl (C=O) groups excluding carboxylic acids is 1. The standard InChI is InChI=1S/C18H21N3O3/c1-13-4-7-15(8-5-13)11-20(3)12-18(22)19-17-10-16(21(23)24)9-6-14(17)2/h4-10H,11-12H2,1-3H3,(H,19,22). The number of nitrogens with zero attached hydrogens (tertiary/aromatic N) is 2. The number of nitro groups is 1. The summed E-state index contributed by atoms with van der Waals surface area (Å²) in [4.78, 5) is 24.4. The number of non-ortho nitro benzene ring substituents is 1. The van der Waals surface area contributed by atoms with Gasteiger partial charge in [0, 0.05) is 18.7 Å². The zero-order chi connectivity index (χ0) is 17.7. The largest absolute Gasteiger partial charge is 0.324 e. The van der Waals surface area contributed by atoms with Crippen LogP contribution in [-0.2, 0) is 11.3 Å². The minimum Gasteiger partial charge on any atom is -0.324 e. The number of anilines is 1. The van der Waals surface area contributed by atoms with Crippen molar-refractivity contribution in [2.45, 2.75) is 20.4 Å². The van der Waals surface area contributed by atoms with Crippen LogP contribution in [0.25, 0.3) is 0 Å². The van der Waals surface area contributed by atoms with Gasteiger partial charge in [-0.2, -0.15) is 0 Å². The van der Waals surface area contributed by atoms with Gasteiger partial charge < -0.3 is 5.32 Å². The van der Waals surface area contributed by atoms with Gasteiger partial charge in [0.15, 0.2) is 0 Å². The van der Waals surface area contributed by atoms with Crippen LogP contribution in [-0.4, -0.2) is 29.3 Å². The van der Waals surface area contributed by atoms with E-state index >= 15 is 0 Å². The van der Waals surface area contributed by atoms with Crippen LogP contribution in [0.15, 0.2) is 42.5 Å². The lowest BCUT2D eigenvalue weighted by atomic mass is 10.1. The Balaban J connectivity index is 1.96. The fraction of sp³-hybridized carbons (Fsp3) is 0.278. The van der Waals surface area contributed by atoms with Crippen molar-refractivity contribution < 1.29 is 9.72 Å². The Hall–Kier alpha value is -2.73. The summed E-state index contributed by atoms with van der Waals surface area (Å²) in [6.45, 7) is 4.69. The highest BCUT2D eigenvalue weighted by Gasteiger charge is 2.12. The lowest BCUT2D eigenvalue weighted by Gasteiger charge is -2.17. The van der Waals surface area contributed by atoms with Crippen molar-refractivity contribution in [3.8, 4) is 0 Å². The second kappa shape index (κ2) is 7.70. The number of nitro benzene ring substituents is 1. The number of rotatable bonds is 6. The fourth-order valence-corrected chi connectivity index (χ4v) is 2.35. The maximum absolute atomic E-state index is 12.2. The van der Waals surface area contributed by atoms with Crippen LogP contribution in [0.2, 0.25) is 0 Å². The highest BCUT2D eigenvalue weighted by Crippen LogP contribution is 2.21. The molecule has 126 valence electrons. The number of amides is 1. The molecule has 1 amide bonds. The van der Waals surface area contributed by atoms with Gasteiger partial charge >= 0.3 is 0 Å². The molecule has 0 aromatic heterocycles. The Morgan fingerprint density at radius 1 is 1.17 bits per heavy atom. The Kier molecular flexibility index (Phi) is 5.65. The summed E-state index contributed by atoms with van der Waals surface area (Å²) in [6, 6.07) is 12.6. The van der Waals surface area contributed by atoms with Crippen molar-refractivity contribution in [2.75, 3.05) is 18.9 Å². The highest BCUT2D eigenvalue weighted by molar-refractivity contribution is 5.93. The van der Waals surface area contributed by atoms with Gasteiger partial charge in [-0.3, -0.25) is 19.8 Å². The molecule has 24 heavy (non-hydrogen) atoms. The highest BCUT2D eigenvalue weighted by atomic mass is 16.6. The van der Waals surface area contributed by atoms with Crippen molar-refractivity contribution in [2.24, 2.45) is 0 Å². The summed E-state index contributed by atoms with van der Waals surface area (Å²) in [7, 11) is 1.86. The Morgan fingerprint density at radius 3 is 2.46 bits per heavy atom. The van der Waals surface area contributed by atoms with Crippen molar-refractivity contribution >= 4 is 17.3 Å². The van der Waals surface area contributed by atoms with Crippen molar-refractivity contribution in [1.29, 1.82) is 0 Å². The molecule has 0 aliphatic rings. The molecule has 0 saturated carbocycles. The average Bonchev–Trinajstić information content (AvgIpc) is 2.51. The van der Waals surface area contributed by atoms with Gasteiger partial charge in [-0.15, -0.1) is 0 Å². The fourth-order valence-electron chi connectivity index (χ4n) is 2.35. The molecule has 0 spiro atoms. The number of nitrogens with one attached hydrogen (secondary N) is 1. The van der Waals surface area contributed by atoms with Gasteiger partial charge in [0.2, 0.25) is 5.91 Å². The van der Waals surface area contributed by atoms with Gasteiger partial charge in [-0.05, 0) is 32.0 Å². The molecule has 2 aromatic rings. The second-order valence-electron chi connectivity index (χ2n) is 5.96. The average molecular weight is 327 g/mol. The molecule has 1 N–H and O–H groups in total. The van der Waals surface area contributed by atoms with Gasteiger partial charge in [0.05, 0.1) is 17.2 Å². The molecular weight excluding hydrogens is 306 g/mol. The van der Waals surface area contributed by atoms with E-state index in [0.717, 1.165) is 11.1 Å². The number of hydrogen-bond acceptors (Lipinski definition) is 4. The predicted molar refractivity (Wildman–Crippen MR) is 94.0 cm³/mol. The number of aryl methyl sites for hydroxylation is 2. The Bertz CT molecular complexity index is 742. The van der Waals surface area contributed by atoms with E-state index in [-0.39, 0.29) is 18.1 Å². The first-order chi connectivity index (χ1) is 11.3. The van der Waals surface area contributed by atoms with E-state index in [1.807, 2.05) is 43.1 Å². The molecule has 0 fully saturated rings. The lowest BCUT2D eigenvalue weighted by molar-refractivity contribution is -0.384. The summed E-state index contributed by atoms with van der Waals surface area (Å²) >= 11 is 0. The first-order valence-corrected chi connectivity index (χ1v) is 7.64. The SMILES string of the molecule is Cc1ccc(CN(C)CC(=O)Nc2cc([N+](=O)[O-])ccc2C)cc1. The van der Waals surface area contributed by atoms with Crippen molar-refractivity contribution in [1.82, 2.24) is 4.90 Å². The zero-order valence-corrected chi connectivity index (χ0v) is 14.1. The summed E-state index contributed by atoms with van der Waals surface area (Å²) < 4.78 is 0.